The van der Waals surface area contributed by atoms with Crippen LogP contribution in [0.5, 0.6) is 5.75 Å². The van der Waals surface area contributed by atoms with E-state index in [1.807, 2.05) is 32.0 Å². The number of hydrogen-bond donors (Lipinski definition) is 2. The molecule has 0 saturated carbocycles. The second kappa shape index (κ2) is 15.1. The second-order valence-electron chi connectivity index (χ2n) is 7.51. The topological polar surface area (TPSA) is 121 Å². The van der Waals surface area contributed by atoms with Gasteiger partial charge in [-0.1, -0.05) is 38.0 Å². The molecule has 0 bridgehead atoms. The highest BCUT2D eigenvalue weighted by atomic mass is 31.2. The van der Waals surface area contributed by atoms with E-state index in [4.69, 9.17) is 24.9 Å². The molecule has 1 aromatic carbocycles. The monoisotopic (exact) mass is 505 g/mol. The first-order valence-corrected chi connectivity index (χ1v) is 12.5. The molecular weight excluding hydrogens is 473 g/mol. The van der Waals surface area contributed by atoms with Gasteiger partial charge in [-0.25, -0.2) is 9.88 Å². The number of para-hydroxylation sites is 1. The van der Waals surface area contributed by atoms with Crippen LogP contribution in [0.1, 0.15) is 39.2 Å². The normalized spacial score (nSPS) is 13.6. The lowest BCUT2D eigenvalue weighted by Gasteiger charge is -2.24. The summed E-state index contributed by atoms with van der Waals surface area (Å²) < 4.78 is 24.0. The van der Waals surface area contributed by atoms with Crippen LogP contribution in [0.2, 0.25) is 0 Å². The molecule has 0 amide bonds. The number of esters is 1. The van der Waals surface area contributed by atoms with Gasteiger partial charge in [-0.3, -0.25) is 19.1 Å². The van der Waals surface area contributed by atoms with Crippen LogP contribution < -0.4 is 20.9 Å². The van der Waals surface area contributed by atoms with Crippen molar-refractivity contribution in [2.45, 2.75) is 51.4 Å². The first kappa shape index (κ1) is 28.3. The molecule has 2 rings (SSSR count). The summed E-state index contributed by atoms with van der Waals surface area (Å²) in [4.78, 5) is 37.9. The molecule has 0 saturated heterocycles. The summed E-state index contributed by atoms with van der Waals surface area (Å²) in [6.45, 7) is 3.89. The molecular formula is C24H32N3O7P. The van der Waals surface area contributed by atoms with Gasteiger partial charge in [0.05, 0.1) is 12.7 Å². The van der Waals surface area contributed by atoms with E-state index in [0.29, 0.717) is 5.75 Å². The van der Waals surface area contributed by atoms with E-state index in [9.17, 15) is 14.4 Å². The fourth-order valence-corrected chi connectivity index (χ4v) is 4.14. The predicted octanol–water partition coefficient (Wildman–Crippen LogP) is 2.76. The average Bonchev–Trinajstić information content (AvgIpc) is 2.86. The van der Waals surface area contributed by atoms with Crippen molar-refractivity contribution in [1.82, 2.24) is 14.6 Å². The Bertz CT molecular complexity index is 1060. The zero-order valence-electron chi connectivity index (χ0n) is 20.1. The molecule has 1 heterocycles. The van der Waals surface area contributed by atoms with Crippen molar-refractivity contribution in [3.8, 4) is 18.1 Å². The molecule has 0 fully saturated rings. The van der Waals surface area contributed by atoms with E-state index in [1.54, 1.807) is 12.1 Å². The second-order valence-corrected chi connectivity index (χ2v) is 8.78. The average molecular weight is 506 g/mol. The SMILES string of the molecule is C#CC(CC(COP(NCC(=O)OC(CC)CC)Oc1ccccc1)OC)n1ccc(=O)[nH]c1=O. The molecule has 35 heavy (non-hydrogen) atoms. The molecule has 0 aliphatic heterocycles. The number of nitrogens with one attached hydrogen (secondary N) is 2. The van der Waals surface area contributed by atoms with E-state index in [-0.39, 0.29) is 25.7 Å². The number of carbonyl (C=O) groups excluding carboxylic acids is 1. The highest BCUT2D eigenvalue weighted by molar-refractivity contribution is 7.45. The Hall–Kier alpha value is -2.96. The van der Waals surface area contributed by atoms with Crippen LogP contribution in [0.4, 0.5) is 0 Å². The van der Waals surface area contributed by atoms with Crippen LogP contribution in [0.15, 0.2) is 52.2 Å². The number of terminal acetylenes is 1. The van der Waals surface area contributed by atoms with E-state index in [1.165, 1.54) is 23.9 Å². The van der Waals surface area contributed by atoms with Crippen LogP contribution in [-0.4, -0.2) is 48.0 Å². The van der Waals surface area contributed by atoms with Gasteiger partial charge >= 0.3 is 20.2 Å². The Labute approximate surface area is 205 Å². The van der Waals surface area contributed by atoms with Crippen molar-refractivity contribution >= 4 is 14.5 Å². The minimum atomic E-state index is -1.73. The molecule has 1 aromatic heterocycles. The van der Waals surface area contributed by atoms with E-state index in [2.05, 4.69) is 16.0 Å². The molecule has 3 unspecified atom stereocenters. The van der Waals surface area contributed by atoms with Crippen molar-refractivity contribution in [2.75, 3.05) is 20.3 Å². The maximum Gasteiger partial charge on any atom is 0.329 e. The Balaban J connectivity index is 2.03. The highest BCUT2D eigenvalue weighted by Gasteiger charge is 2.22. The lowest BCUT2D eigenvalue weighted by Crippen LogP contribution is -2.33. The van der Waals surface area contributed by atoms with Gasteiger partial charge in [0.1, 0.15) is 24.4 Å². The number of ether oxygens (including phenoxy) is 2. The quantitative estimate of drug-likeness (QED) is 0.215. The number of nitrogens with zero attached hydrogens (tertiary/aromatic N) is 1. The maximum atomic E-state index is 12.2. The fraction of sp³-hybridized carbons (Fsp3) is 0.458. The summed E-state index contributed by atoms with van der Waals surface area (Å²) in [6.07, 6.45) is 8.05. The summed E-state index contributed by atoms with van der Waals surface area (Å²) >= 11 is 0. The van der Waals surface area contributed by atoms with Crippen LogP contribution in [0, 0.1) is 12.3 Å². The molecule has 0 spiro atoms. The van der Waals surface area contributed by atoms with Crippen molar-refractivity contribution in [2.24, 2.45) is 0 Å². The van der Waals surface area contributed by atoms with Crippen LogP contribution >= 0.6 is 8.53 Å². The van der Waals surface area contributed by atoms with Gasteiger partial charge in [-0.05, 0) is 25.0 Å². The Morgan fingerprint density at radius 3 is 2.49 bits per heavy atom. The van der Waals surface area contributed by atoms with Gasteiger partial charge in [-0.2, -0.15) is 0 Å². The fourth-order valence-electron chi connectivity index (χ4n) is 3.06. The summed E-state index contributed by atoms with van der Waals surface area (Å²) in [5.41, 5.74) is -1.12. The van der Waals surface area contributed by atoms with Crippen LogP contribution in [0.25, 0.3) is 0 Å². The molecule has 2 N–H and O–H groups in total. The molecule has 3 atom stereocenters. The number of aromatic amines is 1. The predicted molar refractivity (Wildman–Crippen MR) is 133 cm³/mol. The van der Waals surface area contributed by atoms with E-state index in [0.717, 1.165) is 12.8 Å². The zero-order chi connectivity index (χ0) is 25.6. The van der Waals surface area contributed by atoms with Crippen molar-refractivity contribution in [3.05, 3.63) is 63.4 Å². The molecule has 0 aliphatic rings. The van der Waals surface area contributed by atoms with Gasteiger partial charge in [0, 0.05) is 25.8 Å². The van der Waals surface area contributed by atoms with Crippen molar-refractivity contribution < 1.29 is 23.3 Å². The zero-order valence-corrected chi connectivity index (χ0v) is 21.0. The minimum absolute atomic E-state index is 0.0694. The smallest absolute Gasteiger partial charge is 0.329 e. The number of methoxy groups -OCH3 is 1. The number of rotatable bonds is 15. The lowest BCUT2D eigenvalue weighted by molar-refractivity contribution is -0.147. The van der Waals surface area contributed by atoms with E-state index < -0.39 is 37.9 Å². The minimum Gasteiger partial charge on any atom is -0.461 e. The molecule has 2 aromatic rings. The molecule has 10 nitrogen and oxygen atoms in total. The first-order chi connectivity index (χ1) is 16.9. The molecule has 0 aliphatic carbocycles. The van der Waals surface area contributed by atoms with Crippen LogP contribution in [0.3, 0.4) is 0 Å². The summed E-state index contributed by atoms with van der Waals surface area (Å²) in [5, 5.41) is 2.97. The number of aromatic nitrogens is 2. The van der Waals surface area contributed by atoms with Gasteiger partial charge in [0.25, 0.3) is 5.56 Å². The summed E-state index contributed by atoms with van der Waals surface area (Å²) in [5.74, 6) is 2.70. The first-order valence-electron chi connectivity index (χ1n) is 11.3. The highest BCUT2D eigenvalue weighted by Crippen LogP contribution is 2.35. The molecule has 190 valence electrons. The number of carbonyl (C=O) groups is 1. The molecule has 0 radical (unpaired) electrons. The Morgan fingerprint density at radius 2 is 1.89 bits per heavy atom. The number of hydrogen-bond acceptors (Lipinski definition) is 8. The summed E-state index contributed by atoms with van der Waals surface area (Å²) in [6, 6.07) is 9.60. The van der Waals surface area contributed by atoms with Gasteiger partial charge in [-0.15, -0.1) is 6.42 Å². The Kier molecular flexibility index (Phi) is 12.2. The Morgan fingerprint density at radius 1 is 1.17 bits per heavy atom. The van der Waals surface area contributed by atoms with Crippen molar-refractivity contribution in [1.29, 1.82) is 0 Å². The summed E-state index contributed by atoms with van der Waals surface area (Å²) in [7, 11) is -0.236. The van der Waals surface area contributed by atoms with Gasteiger partial charge in [0.15, 0.2) is 0 Å². The van der Waals surface area contributed by atoms with Crippen molar-refractivity contribution in [3.63, 3.8) is 0 Å². The number of benzene rings is 1. The third kappa shape index (κ3) is 9.67. The maximum absolute atomic E-state index is 12.2. The van der Waals surface area contributed by atoms with Crippen LogP contribution in [-0.2, 0) is 18.8 Å². The largest absolute Gasteiger partial charge is 0.461 e. The van der Waals surface area contributed by atoms with Gasteiger partial charge < -0.3 is 18.5 Å². The third-order valence-corrected chi connectivity index (χ3v) is 6.25. The van der Waals surface area contributed by atoms with E-state index >= 15 is 0 Å². The standard InChI is InChI=1S/C24H32N3O7P/c1-5-18(27-14-13-22(28)26-24(27)30)15-21(31-4)17-32-35(34-20-11-9-8-10-12-20)25-16-23(29)33-19(6-2)7-3/h1,8-14,18-19,21,25H,6-7,15-17H2,2-4H3,(H,26,28,30). The number of H-pyrrole nitrogens is 1. The lowest BCUT2D eigenvalue weighted by atomic mass is 10.1. The molecule has 11 heteroatoms. The third-order valence-electron chi connectivity index (χ3n) is 5.07. The van der Waals surface area contributed by atoms with Gasteiger partial charge in [0.2, 0.25) is 0 Å².